The molecule has 0 aromatic heterocycles. The highest BCUT2D eigenvalue weighted by atomic mass is 31.2. The molecule has 0 unspecified atom stereocenters. The van der Waals surface area contributed by atoms with Crippen molar-refractivity contribution in [2.45, 2.75) is 33.1 Å². The monoisotopic (exact) mass is 338 g/mol. The molecule has 1 aliphatic carbocycles. The van der Waals surface area contributed by atoms with E-state index >= 15 is 0 Å². The molecule has 0 amide bonds. The van der Waals surface area contributed by atoms with Crippen LogP contribution in [0.4, 0.5) is 0 Å². The van der Waals surface area contributed by atoms with Crippen LogP contribution in [-0.2, 0) is 4.57 Å². The molecule has 0 bridgehead atoms. The Balaban J connectivity index is 1.93. The standard InChI is InChI=1S/C22H27OP/c1-18-15-19(2)17-20(16-18)13-14-24(23,21-9-5-3-6-10-21)22-11-7-4-8-12-22/h3-13,18-19H,14-17H2,1-2H3/t18-,19-/m0/s1. The van der Waals surface area contributed by atoms with Crippen LogP contribution in [0.2, 0.25) is 0 Å². The van der Waals surface area contributed by atoms with Gasteiger partial charge in [0, 0.05) is 16.8 Å². The summed E-state index contributed by atoms with van der Waals surface area (Å²) in [5, 5.41) is 1.93. The van der Waals surface area contributed by atoms with E-state index in [1.165, 1.54) is 12.0 Å². The first-order chi connectivity index (χ1) is 11.6. The van der Waals surface area contributed by atoms with E-state index in [0.29, 0.717) is 6.16 Å². The maximum Gasteiger partial charge on any atom is 0.146 e. The molecule has 0 saturated heterocycles. The predicted molar refractivity (Wildman–Crippen MR) is 105 cm³/mol. The average Bonchev–Trinajstić information content (AvgIpc) is 2.60. The predicted octanol–water partition coefficient (Wildman–Crippen LogP) is 5.38. The third-order valence-electron chi connectivity index (χ3n) is 5.01. The molecule has 1 saturated carbocycles. The van der Waals surface area contributed by atoms with Crippen molar-refractivity contribution in [2.75, 3.05) is 6.16 Å². The molecular weight excluding hydrogens is 311 g/mol. The summed E-state index contributed by atoms with van der Waals surface area (Å²) in [6.07, 6.45) is 6.55. The van der Waals surface area contributed by atoms with Gasteiger partial charge >= 0.3 is 0 Å². The van der Waals surface area contributed by atoms with Gasteiger partial charge in [0.25, 0.3) is 0 Å². The van der Waals surface area contributed by atoms with Gasteiger partial charge in [-0.05, 0) is 31.1 Å². The lowest BCUT2D eigenvalue weighted by atomic mass is 9.80. The molecular formula is C22H27OP. The molecule has 2 atom stereocenters. The molecule has 3 rings (SSSR count). The van der Waals surface area contributed by atoms with Crippen LogP contribution in [0.3, 0.4) is 0 Å². The van der Waals surface area contributed by atoms with E-state index in [1.807, 2.05) is 60.7 Å². The zero-order valence-electron chi connectivity index (χ0n) is 14.7. The molecule has 2 aromatic carbocycles. The highest BCUT2D eigenvalue weighted by Crippen LogP contribution is 2.44. The van der Waals surface area contributed by atoms with Gasteiger partial charge in [-0.3, -0.25) is 0 Å². The van der Waals surface area contributed by atoms with E-state index in [2.05, 4.69) is 19.9 Å². The summed E-state index contributed by atoms with van der Waals surface area (Å²) >= 11 is 0. The first-order valence-electron chi connectivity index (χ1n) is 8.96. The summed E-state index contributed by atoms with van der Waals surface area (Å²) in [5.41, 5.74) is 1.49. The summed E-state index contributed by atoms with van der Waals surface area (Å²) in [6.45, 7) is 4.66. The van der Waals surface area contributed by atoms with Gasteiger partial charge in [0.05, 0.1) is 0 Å². The normalized spacial score (nSPS) is 21.5. The molecule has 1 nitrogen and oxygen atoms in total. The van der Waals surface area contributed by atoms with Crippen molar-refractivity contribution in [1.82, 2.24) is 0 Å². The minimum Gasteiger partial charge on any atom is -0.313 e. The first-order valence-corrected chi connectivity index (χ1v) is 10.9. The van der Waals surface area contributed by atoms with Crippen LogP contribution in [0.25, 0.3) is 0 Å². The molecule has 1 fully saturated rings. The van der Waals surface area contributed by atoms with Crippen molar-refractivity contribution in [3.8, 4) is 0 Å². The number of hydrogen-bond acceptors (Lipinski definition) is 1. The topological polar surface area (TPSA) is 17.1 Å². The second-order valence-corrected chi connectivity index (χ2v) is 10.2. The fourth-order valence-electron chi connectivity index (χ4n) is 3.95. The smallest absolute Gasteiger partial charge is 0.146 e. The fraction of sp³-hybridized carbons (Fsp3) is 0.364. The van der Waals surface area contributed by atoms with Crippen molar-refractivity contribution in [1.29, 1.82) is 0 Å². The molecule has 2 aromatic rings. The SMILES string of the molecule is C[C@@H]1CC(=CCP(=O)(c2ccccc2)c2ccccc2)C[C@@H](C)C1. The Morgan fingerprint density at radius 2 is 1.33 bits per heavy atom. The second kappa shape index (κ2) is 7.53. The molecule has 24 heavy (non-hydrogen) atoms. The minimum absolute atomic E-state index is 0.635. The molecule has 0 aliphatic heterocycles. The van der Waals surface area contributed by atoms with Gasteiger partial charge in [-0.2, -0.15) is 0 Å². The number of hydrogen-bond donors (Lipinski definition) is 0. The van der Waals surface area contributed by atoms with Gasteiger partial charge in [0.1, 0.15) is 7.14 Å². The highest BCUT2D eigenvalue weighted by Gasteiger charge is 2.27. The molecule has 0 heterocycles. The van der Waals surface area contributed by atoms with Gasteiger partial charge in [-0.1, -0.05) is 86.2 Å². The maximum absolute atomic E-state index is 14.0. The third-order valence-corrected chi connectivity index (χ3v) is 7.97. The number of benzene rings is 2. The fourth-order valence-corrected chi connectivity index (χ4v) is 6.50. The van der Waals surface area contributed by atoms with Crippen LogP contribution in [-0.4, -0.2) is 6.16 Å². The van der Waals surface area contributed by atoms with Crippen molar-refractivity contribution < 1.29 is 4.57 Å². The second-order valence-electron chi connectivity index (χ2n) is 7.31. The zero-order valence-corrected chi connectivity index (χ0v) is 15.6. The van der Waals surface area contributed by atoms with E-state index in [-0.39, 0.29) is 0 Å². The van der Waals surface area contributed by atoms with Crippen molar-refractivity contribution in [3.05, 3.63) is 72.3 Å². The number of allylic oxidation sites excluding steroid dienone is 2. The van der Waals surface area contributed by atoms with Crippen LogP contribution in [0, 0.1) is 11.8 Å². The van der Waals surface area contributed by atoms with E-state index in [0.717, 1.165) is 35.3 Å². The Kier molecular flexibility index (Phi) is 5.41. The maximum atomic E-state index is 14.0. The highest BCUT2D eigenvalue weighted by molar-refractivity contribution is 7.78. The Morgan fingerprint density at radius 3 is 1.79 bits per heavy atom. The van der Waals surface area contributed by atoms with E-state index in [1.54, 1.807) is 0 Å². The molecule has 2 heteroatoms. The van der Waals surface area contributed by atoms with Crippen molar-refractivity contribution in [3.63, 3.8) is 0 Å². The van der Waals surface area contributed by atoms with Gasteiger partial charge < -0.3 is 4.57 Å². The summed E-state index contributed by atoms with van der Waals surface area (Å²) in [6, 6.07) is 20.0. The van der Waals surface area contributed by atoms with Gasteiger partial charge in [-0.15, -0.1) is 0 Å². The lowest BCUT2D eigenvalue weighted by molar-refractivity contribution is 0.358. The molecule has 0 radical (unpaired) electrons. The van der Waals surface area contributed by atoms with Gasteiger partial charge in [0.15, 0.2) is 0 Å². The Morgan fingerprint density at radius 1 is 0.875 bits per heavy atom. The largest absolute Gasteiger partial charge is 0.313 e. The van der Waals surface area contributed by atoms with Crippen LogP contribution in [0.15, 0.2) is 72.3 Å². The quantitative estimate of drug-likeness (QED) is 0.540. The van der Waals surface area contributed by atoms with Crippen LogP contribution >= 0.6 is 7.14 Å². The van der Waals surface area contributed by atoms with E-state index in [9.17, 15) is 4.57 Å². The van der Waals surface area contributed by atoms with Gasteiger partial charge in [-0.25, -0.2) is 0 Å². The summed E-state index contributed by atoms with van der Waals surface area (Å²) in [7, 11) is -2.61. The lowest BCUT2D eigenvalue weighted by Crippen LogP contribution is -2.18. The molecule has 0 spiro atoms. The van der Waals surface area contributed by atoms with Crippen molar-refractivity contribution in [2.24, 2.45) is 11.8 Å². The lowest BCUT2D eigenvalue weighted by Gasteiger charge is -2.27. The number of rotatable bonds is 4. The van der Waals surface area contributed by atoms with Crippen LogP contribution < -0.4 is 10.6 Å². The zero-order chi connectivity index (χ0) is 17.0. The van der Waals surface area contributed by atoms with E-state index in [4.69, 9.17) is 0 Å². The summed E-state index contributed by atoms with van der Waals surface area (Å²) in [5.74, 6) is 1.49. The van der Waals surface area contributed by atoms with E-state index < -0.39 is 7.14 Å². The molecule has 0 N–H and O–H groups in total. The Hall–Kier alpha value is -1.59. The first kappa shape index (κ1) is 17.2. The van der Waals surface area contributed by atoms with Crippen molar-refractivity contribution >= 4 is 17.8 Å². The molecule has 126 valence electrons. The van der Waals surface area contributed by atoms with Crippen LogP contribution in [0.5, 0.6) is 0 Å². The Labute approximate surface area is 146 Å². The average molecular weight is 338 g/mol. The third kappa shape index (κ3) is 3.90. The van der Waals surface area contributed by atoms with Crippen LogP contribution in [0.1, 0.15) is 33.1 Å². The summed E-state index contributed by atoms with van der Waals surface area (Å²) in [4.78, 5) is 0. The Bertz CT molecular complexity index is 678. The summed E-state index contributed by atoms with van der Waals surface area (Å²) < 4.78 is 14.0. The van der Waals surface area contributed by atoms with Gasteiger partial charge in [0.2, 0.25) is 0 Å². The minimum atomic E-state index is -2.61. The molecule has 1 aliphatic rings.